The number of nitrogens with zero attached hydrogens (tertiary/aromatic N) is 2. The summed E-state index contributed by atoms with van der Waals surface area (Å²) < 4.78 is 32.7. The number of methoxy groups -OCH3 is 1. The van der Waals surface area contributed by atoms with Gasteiger partial charge in [0.15, 0.2) is 0 Å². The van der Waals surface area contributed by atoms with Crippen molar-refractivity contribution < 1.29 is 18.3 Å². The maximum absolute atomic E-state index is 14.0. The van der Waals surface area contributed by atoms with Crippen LogP contribution in [0, 0.1) is 18.6 Å². The van der Waals surface area contributed by atoms with Crippen LogP contribution in [-0.4, -0.2) is 36.1 Å². The molecule has 4 nitrogen and oxygen atoms in total. The molecule has 0 bridgehead atoms. The number of aryl methyl sites for hydroxylation is 1. The number of pyridine rings is 1. The van der Waals surface area contributed by atoms with Crippen LogP contribution in [-0.2, 0) is 11.3 Å². The summed E-state index contributed by atoms with van der Waals surface area (Å²) in [7, 11) is 1.51. The standard InChI is InChI=1S/C17H18F2N2O2/c1-12-9-16(19)14(10-15(12)18)17(22)21(7-8-23-2)11-13-5-3-4-6-20-13/h3-6,9-10H,7-8,11H2,1-2H3. The Balaban J connectivity index is 2.27. The fourth-order valence-electron chi connectivity index (χ4n) is 2.12. The monoisotopic (exact) mass is 320 g/mol. The van der Waals surface area contributed by atoms with Crippen LogP contribution in [0.4, 0.5) is 8.78 Å². The highest BCUT2D eigenvalue weighted by Gasteiger charge is 2.21. The molecule has 122 valence electrons. The summed E-state index contributed by atoms with van der Waals surface area (Å²) in [5.74, 6) is -1.94. The van der Waals surface area contributed by atoms with Crippen LogP contribution >= 0.6 is 0 Å². The average molecular weight is 320 g/mol. The molecule has 0 atom stereocenters. The number of aromatic nitrogens is 1. The molecule has 1 aromatic heterocycles. The molecule has 0 fully saturated rings. The number of carbonyl (C=O) groups is 1. The Morgan fingerprint density at radius 1 is 1.26 bits per heavy atom. The molecular formula is C17H18F2N2O2. The molecule has 2 aromatic rings. The summed E-state index contributed by atoms with van der Waals surface area (Å²) in [6.45, 7) is 2.18. The Bertz CT molecular complexity index is 678. The van der Waals surface area contributed by atoms with E-state index in [4.69, 9.17) is 4.74 Å². The van der Waals surface area contributed by atoms with E-state index < -0.39 is 17.5 Å². The zero-order chi connectivity index (χ0) is 16.8. The van der Waals surface area contributed by atoms with Gasteiger partial charge in [-0.2, -0.15) is 0 Å². The minimum absolute atomic E-state index is 0.159. The Kier molecular flexibility index (Phi) is 5.76. The molecular weight excluding hydrogens is 302 g/mol. The summed E-state index contributed by atoms with van der Waals surface area (Å²) in [5, 5.41) is 0. The maximum atomic E-state index is 14.0. The zero-order valence-corrected chi connectivity index (χ0v) is 13.1. The zero-order valence-electron chi connectivity index (χ0n) is 13.1. The lowest BCUT2D eigenvalue weighted by molar-refractivity contribution is 0.0672. The summed E-state index contributed by atoms with van der Waals surface area (Å²) in [6, 6.07) is 7.29. The molecule has 1 heterocycles. The van der Waals surface area contributed by atoms with Crippen molar-refractivity contribution in [1.29, 1.82) is 0 Å². The van der Waals surface area contributed by atoms with E-state index in [0.29, 0.717) is 5.69 Å². The smallest absolute Gasteiger partial charge is 0.257 e. The highest BCUT2D eigenvalue weighted by atomic mass is 19.1. The lowest BCUT2D eigenvalue weighted by Gasteiger charge is -2.22. The molecule has 0 saturated heterocycles. The van der Waals surface area contributed by atoms with Crippen LogP contribution in [0.25, 0.3) is 0 Å². The van der Waals surface area contributed by atoms with Gasteiger partial charge in [-0.05, 0) is 36.8 Å². The third-order valence-corrected chi connectivity index (χ3v) is 3.41. The van der Waals surface area contributed by atoms with Crippen LogP contribution in [0.3, 0.4) is 0 Å². The van der Waals surface area contributed by atoms with Gasteiger partial charge in [-0.1, -0.05) is 6.07 Å². The highest BCUT2D eigenvalue weighted by molar-refractivity contribution is 5.94. The fraction of sp³-hybridized carbons (Fsp3) is 0.294. The van der Waals surface area contributed by atoms with Crippen molar-refractivity contribution in [1.82, 2.24) is 9.88 Å². The van der Waals surface area contributed by atoms with E-state index in [1.54, 1.807) is 24.4 Å². The topological polar surface area (TPSA) is 42.4 Å². The lowest BCUT2D eigenvalue weighted by Crippen LogP contribution is -2.34. The number of hydrogen-bond acceptors (Lipinski definition) is 3. The Morgan fingerprint density at radius 3 is 2.70 bits per heavy atom. The third kappa shape index (κ3) is 4.32. The van der Waals surface area contributed by atoms with Crippen molar-refractivity contribution >= 4 is 5.91 Å². The normalized spacial score (nSPS) is 10.6. The number of rotatable bonds is 6. The largest absolute Gasteiger partial charge is 0.383 e. The van der Waals surface area contributed by atoms with E-state index in [-0.39, 0.29) is 30.8 Å². The van der Waals surface area contributed by atoms with Gasteiger partial charge < -0.3 is 9.64 Å². The van der Waals surface area contributed by atoms with Crippen molar-refractivity contribution in [2.45, 2.75) is 13.5 Å². The van der Waals surface area contributed by atoms with Gasteiger partial charge in [-0.15, -0.1) is 0 Å². The van der Waals surface area contributed by atoms with Gasteiger partial charge >= 0.3 is 0 Å². The molecule has 1 aromatic carbocycles. The summed E-state index contributed by atoms with van der Waals surface area (Å²) >= 11 is 0. The Hall–Kier alpha value is -2.34. The molecule has 23 heavy (non-hydrogen) atoms. The molecule has 0 radical (unpaired) electrons. The van der Waals surface area contributed by atoms with Crippen LogP contribution in [0.1, 0.15) is 21.6 Å². The second kappa shape index (κ2) is 7.78. The quantitative estimate of drug-likeness (QED) is 0.822. The predicted molar refractivity (Wildman–Crippen MR) is 81.9 cm³/mol. The van der Waals surface area contributed by atoms with Gasteiger partial charge in [0.25, 0.3) is 5.91 Å². The van der Waals surface area contributed by atoms with Gasteiger partial charge in [0.2, 0.25) is 0 Å². The van der Waals surface area contributed by atoms with Crippen molar-refractivity contribution in [2.24, 2.45) is 0 Å². The number of carbonyl (C=O) groups excluding carboxylic acids is 1. The first-order valence-corrected chi connectivity index (χ1v) is 7.16. The summed E-state index contributed by atoms with van der Waals surface area (Å²) in [4.78, 5) is 18.1. The Labute approximate surface area is 133 Å². The van der Waals surface area contributed by atoms with E-state index in [0.717, 1.165) is 12.1 Å². The van der Waals surface area contributed by atoms with Crippen molar-refractivity contribution in [3.05, 3.63) is 65.0 Å². The fourth-order valence-corrected chi connectivity index (χ4v) is 2.12. The van der Waals surface area contributed by atoms with Crippen LogP contribution in [0.2, 0.25) is 0 Å². The van der Waals surface area contributed by atoms with Gasteiger partial charge in [-0.3, -0.25) is 9.78 Å². The number of ether oxygens (including phenoxy) is 1. The van der Waals surface area contributed by atoms with Crippen molar-refractivity contribution in [3.8, 4) is 0 Å². The minimum Gasteiger partial charge on any atom is -0.383 e. The van der Waals surface area contributed by atoms with E-state index in [2.05, 4.69) is 4.98 Å². The molecule has 0 saturated carbocycles. The van der Waals surface area contributed by atoms with Crippen LogP contribution in [0.15, 0.2) is 36.5 Å². The number of hydrogen-bond donors (Lipinski definition) is 0. The minimum atomic E-state index is -0.739. The van der Waals surface area contributed by atoms with Crippen molar-refractivity contribution in [2.75, 3.05) is 20.3 Å². The van der Waals surface area contributed by atoms with Gasteiger partial charge in [-0.25, -0.2) is 8.78 Å². The molecule has 0 aliphatic heterocycles. The first kappa shape index (κ1) is 17.0. The third-order valence-electron chi connectivity index (χ3n) is 3.41. The number of amides is 1. The van der Waals surface area contributed by atoms with E-state index >= 15 is 0 Å². The van der Waals surface area contributed by atoms with Crippen LogP contribution in [0.5, 0.6) is 0 Å². The predicted octanol–water partition coefficient (Wildman–Crippen LogP) is 2.96. The van der Waals surface area contributed by atoms with E-state index in [1.165, 1.54) is 18.9 Å². The Morgan fingerprint density at radius 2 is 2.04 bits per heavy atom. The second-order valence-electron chi connectivity index (χ2n) is 5.12. The lowest BCUT2D eigenvalue weighted by atomic mass is 10.1. The molecule has 1 amide bonds. The van der Waals surface area contributed by atoms with Crippen LogP contribution < -0.4 is 0 Å². The average Bonchev–Trinajstić information content (AvgIpc) is 2.55. The van der Waals surface area contributed by atoms with E-state index in [1.807, 2.05) is 0 Å². The van der Waals surface area contributed by atoms with Gasteiger partial charge in [0.1, 0.15) is 11.6 Å². The van der Waals surface area contributed by atoms with E-state index in [9.17, 15) is 13.6 Å². The maximum Gasteiger partial charge on any atom is 0.257 e. The summed E-state index contributed by atoms with van der Waals surface area (Å²) in [5.41, 5.74) is 0.525. The first-order chi connectivity index (χ1) is 11.0. The number of benzene rings is 1. The molecule has 0 aliphatic carbocycles. The SMILES string of the molecule is COCCN(Cc1ccccn1)C(=O)c1cc(F)c(C)cc1F. The van der Waals surface area contributed by atoms with Crippen molar-refractivity contribution in [3.63, 3.8) is 0 Å². The van der Waals surface area contributed by atoms with Gasteiger partial charge in [0.05, 0.1) is 24.4 Å². The first-order valence-electron chi connectivity index (χ1n) is 7.16. The highest BCUT2D eigenvalue weighted by Crippen LogP contribution is 2.17. The molecule has 0 unspecified atom stereocenters. The molecule has 6 heteroatoms. The molecule has 0 aliphatic rings. The molecule has 2 rings (SSSR count). The molecule has 0 N–H and O–H groups in total. The second-order valence-corrected chi connectivity index (χ2v) is 5.12. The van der Waals surface area contributed by atoms with Gasteiger partial charge in [0, 0.05) is 19.9 Å². The molecule has 0 spiro atoms. The number of halogens is 2. The summed E-state index contributed by atoms with van der Waals surface area (Å²) in [6.07, 6.45) is 1.61.